The van der Waals surface area contributed by atoms with Gasteiger partial charge in [-0.05, 0) is 25.0 Å². The number of hydrogen-bond acceptors (Lipinski definition) is 5. The summed E-state index contributed by atoms with van der Waals surface area (Å²) in [7, 11) is 0. The number of hydrogen-bond donors (Lipinski definition) is 2. The van der Waals surface area contributed by atoms with E-state index in [0.29, 0.717) is 18.8 Å². The van der Waals surface area contributed by atoms with Crippen LogP contribution in [0.5, 0.6) is 5.75 Å². The van der Waals surface area contributed by atoms with Crippen LogP contribution in [0.15, 0.2) is 53.6 Å². The molecule has 8 heteroatoms. The van der Waals surface area contributed by atoms with Crippen LogP contribution in [0.3, 0.4) is 0 Å². The summed E-state index contributed by atoms with van der Waals surface area (Å²) < 4.78 is 1.13. The van der Waals surface area contributed by atoms with Crippen LogP contribution in [-0.4, -0.2) is 48.8 Å². The van der Waals surface area contributed by atoms with E-state index >= 15 is 0 Å². The van der Waals surface area contributed by atoms with E-state index in [4.69, 9.17) is 0 Å². The number of likely N-dealkylation sites (tertiary alicyclic amines) is 1. The lowest BCUT2D eigenvalue weighted by molar-refractivity contribution is 0.0693. The molecule has 0 bridgehead atoms. The molecule has 1 saturated heterocycles. The number of aromatic nitrogens is 4. The van der Waals surface area contributed by atoms with Crippen LogP contribution in [-0.2, 0) is 0 Å². The number of rotatable bonds is 3. The predicted octanol–water partition coefficient (Wildman–Crippen LogP) is 1.68. The Hall–Kier alpha value is -3.42. The van der Waals surface area contributed by atoms with Crippen molar-refractivity contribution in [3.05, 3.63) is 70.7 Å². The topological polar surface area (TPSA) is 104 Å². The Morgan fingerprint density at radius 1 is 1.26 bits per heavy atom. The molecule has 3 aromatic rings. The van der Waals surface area contributed by atoms with Crippen LogP contribution < -0.4 is 5.56 Å². The number of piperidine rings is 1. The number of imidazole rings is 1. The number of carbonyl (C=O) groups excluding carboxylic acids is 1. The number of amides is 1. The van der Waals surface area contributed by atoms with E-state index in [-0.39, 0.29) is 11.6 Å². The SMILES string of the molecule is O=C(c1nn(-c2ccccc2)c(=O)cc1O)N1CCC[C@H](c2ncc[nH]2)C1. The number of carbonyl (C=O) groups is 1. The third-order valence-corrected chi connectivity index (χ3v) is 4.73. The van der Waals surface area contributed by atoms with E-state index in [2.05, 4.69) is 15.1 Å². The molecule has 2 aromatic heterocycles. The van der Waals surface area contributed by atoms with E-state index in [1.54, 1.807) is 41.6 Å². The van der Waals surface area contributed by atoms with Gasteiger partial charge in [0.15, 0.2) is 11.4 Å². The summed E-state index contributed by atoms with van der Waals surface area (Å²) in [6.07, 6.45) is 5.22. The minimum atomic E-state index is -0.498. The summed E-state index contributed by atoms with van der Waals surface area (Å²) in [5.41, 5.74) is -0.0930. The normalized spacial score (nSPS) is 17.0. The average Bonchev–Trinajstić information content (AvgIpc) is 3.23. The van der Waals surface area contributed by atoms with Crippen molar-refractivity contribution in [1.29, 1.82) is 0 Å². The third-order valence-electron chi connectivity index (χ3n) is 4.73. The fraction of sp³-hybridized carbons (Fsp3) is 0.263. The molecule has 1 aliphatic rings. The van der Waals surface area contributed by atoms with Crippen molar-refractivity contribution in [3.8, 4) is 11.4 Å². The zero-order valence-corrected chi connectivity index (χ0v) is 14.6. The van der Waals surface area contributed by atoms with Gasteiger partial charge in [-0.3, -0.25) is 9.59 Å². The highest BCUT2D eigenvalue weighted by Crippen LogP contribution is 2.26. The monoisotopic (exact) mass is 365 g/mol. The van der Waals surface area contributed by atoms with Crippen LogP contribution >= 0.6 is 0 Å². The molecule has 1 amide bonds. The Kier molecular flexibility index (Phi) is 4.45. The zero-order valence-electron chi connectivity index (χ0n) is 14.6. The van der Waals surface area contributed by atoms with Gasteiger partial charge in [0.25, 0.3) is 11.5 Å². The maximum Gasteiger partial charge on any atom is 0.278 e. The predicted molar refractivity (Wildman–Crippen MR) is 98.0 cm³/mol. The molecule has 0 aliphatic carbocycles. The van der Waals surface area contributed by atoms with Gasteiger partial charge in [0.1, 0.15) is 5.82 Å². The maximum absolute atomic E-state index is 13.0. The van der Waals surface area contributed by atoms with Gasteiger partial charge in [-0.15, -0.1) is 0 Å². The van der Waals surface area contributed by atoms with Crippen LogP contribution in [0.25, 0.3) is 5.69 Å². The first-order valence-electron chi connectivity index (χ1n) is 8.81. The molecule has 0 spiro atoms. The molecule has 0 radical (unpaired) electrons. The molecule has 2 N–H and O–H groups in total. The summed E-state index contributed by atoms with van der Waals surface area (Å²) in [5, 5.41) is 14.3. The van der Waals surface area contributed by atoms with Crippen molar-refractivity contribution < 1.29 is 9.90 Å². The first-order chi connectivity index (χ1) is 13.1. The van der Waals surface area contributed by atoms with E-state index in [1.807, 2.05) is 6.07 Å². The Bertz CT molecular complexity index is 998. The van der Waals surface area contributed by atoms with Gasteiger partial charge in [-0.1, -0.05) is 18.2 Å². The molecule has 0 saturated carbocycles. The number of H-pyrrole nitrogens is 1. The van der Waals surface area contributed by atoms with Crippen LogP contribution in [0.4, 0.5) is 0 Å². The molecule has 1 fully saturated rings. The highest BCUT2D eigenvalue weighted by molar-refractivity contribution is 5.94. The molecule has 27 heavy (non-hydrogen) atoms. The van der Waals surface area contributed by atoms with Crippen molar-refractivity contribution in [3.63, 3.8) is 0 Å². The fourth-order valence-corrected chi connectivity index (χ4v) is 3.39. The van der Waals surface area contributed by atoms with E-state index in [9.17, 15) is 14.7 Å². The minimum Gasteiger partial charge on any atom is -0.505 e. The molecule has 0 unspecified atom stereocenters. The fourth-order valence-electron chi connectivity index (χ4n) is 3.39. The molecule has 1 atom stereocenters. The second kappa shape index (κ2) is 7.06. The summed E-state index contributed by atoms with van der Waals surface area (Å²) in [4.78, 5) is 34.2. The molecular weight excluding hydrogens is 346 g/mol. The van der Waals surface area contributed by atoms with Crippen molar-refractivity contribution in [2.24, 2.45) is 0 Å². The Morgan fingerprint density at radius 2 is 2.07 bits per heavy atom. The van der Waals surface area contributed by atoms with E-state index < -0.39 is 17.2 Å². The molecule has 1 aromatic carbocycles. The lowest BCUT2D eigenvalue weighted by Gasteiger charge is -2.31. The van der Waals surface area contributed by atoms with Crippen molar-refractivity contribution in [2.75, 3.05) is 13.1 Å². The Labute approximate surface area is 155 Å². The van der Waals surface area contributed by atoms with Gasteiger partial charge < -0.3 is 15.0 Å². The molecule has 4 rings (SSSR count). The van der Waals surface area contributed by atoms with Gasteiger partial charge in [0.2, 0.25) is 0 Å². The molecule has 138 valence electrons. The first kappa shape index (κ1) is 17.0. The lowest BCUT2D eigenvalue weighted by Crippen LogP contribution is -2.40. The van der Waals surface area contributed by atoms with E-state index in [0.717, 1.165) is 29.4 Å². The van der Waals surface area contributed by atoms with E-state index in [1.165, 1.54) is 0 Å². The zero-order chi connectivity index (χ0) is 18.8. The molecule has 3 heterocycles. The number of nitrogens with one attached hydrogen (secondary N) is 1. The van der Waals surface area contributed by atoms with Crippen molar-refractivity contribution >= 4 is 5.91 Å². The third kappa shape index (κ3) is 3.33. The van der Waals surface area contributed by atoms with Gasteiger partial charge in [0.05, 0.1) is 5.69 Å². The highest BCUT2D eigenvalue weighted by Gasteiger charge is 2.29. The smallest absolute Gasteiger partial charge is 0.278 e. The van der Waals surface area contributed by atoms with Gasteiger partial charge in [-0.2, -0.15) is 9.78 Å². The quantitative estimate of drug-likeness (QED) is 0.735. The van der Waals surface area contributed by atoms with Crippen molar-refractivity contribution in [2.45, 2.75) is 18.8 Å². The number of benzene rings is 1. The Balaban J connectivity index is 1.64. The van der Waals surface area contributed by atoms with Gasteiger partial charge in [-0.25, -0.2) is 4.98 Å². The summed E-state index contributed by atoms with van der Waals surface area (Å²) in [6, 6.07) is 9.83. The first-order valence-corrected chi connectivity index (χ1v) is 8.81. The molecule has 1 aliphatic heterocycles. The largest absolute Gasteiger partial charge is 0.505 e. The van der Waals surface area contributed by atoms with Crippen LogP contribution in [0.2, 0.25) is 0 Å². The molecule has 8 nitrogen and oxygen atoms in total. The maximum atomic E-state index is 13.0. The summed E-state index contributed by atoms with van der Waals surface area (Å²) >= 11 is 0. The number of aromatic hydroxyl groups is 1. The van der Waals surface area contributed by atoms with Crippen LogP contribution in [0.1, 0.15) is 35.1 Å². The summed E-state index contributed by atoms with van der Waals surface area (Å²) in [6.45, 7) is 1.06. The highest BCUT2D eigenvalue weighted by atomic mass is 16.3. The second-order valence-electron chi connectivity index (χ2n) is 6.53. The van der Waals surface area contributed by atoms with Gasteiger partial charge >= 0.3 is 0 Å². The summed E-state index contributed by atoms with van der Waals surface area (Å²) in [5.74, 6) is 0.157. The lowest BCUT2D eigenvalue weighted by atomic mass is 9.97. The van der Waals surface area contributed by atoms with Gasteiger partial charge in [0, 0.05) is 37.5 Å². The van der Waals surface area contributed by atoms with Crippen LogP contribution in [0, 0.1) is 0 Å². The minimum absolute atomic E-state index is 0.111. The number of aromatic amines is 1. The Morgan fingerprint density at radius 3 is 2.81 bits per heavy atom. The average molecular weight is 365 g/mol. The molecular formula is C19H19N5O3. The van der Waals surface area contributed by atoms with Crippen molar-refractivity contribution in [1.82, 2.24) is 24.6 Å². The number of para-hydroxylation sites is 1. The second-order valence-corrected chi connectivity index (χ2v) is 6.53. The number of nitrogens with zero attached hydrogens (tertiary/aromatic N) is 4. The standard InChI is InChI=1S/C19H19N5O3/c25-15-11-16(26)24(14-6-2-1-3-7-14)22-17(15)19(27)23-10-4-5-13(12-23)18-20-8-9-21-18/h1-3,6-9,11,13,25H,4-5,10,12H2,(H,20,21)/t13-/m0/s1.